The number of aliphatic imine (C=N–C) groups is 1. The number of methoxy groups -OCH3 is 1. The summed E-state index contributed by atoms with van der Waals surface area (Å²) in [6, 6.07) is 2.04. The van der Waals surface area contributed by atoms with Crippen molar-refractivity contribution in [2.45, 2.75) is 27.2 Å². The maximum Gasteiger partial charge on any atom is 0.310 e. The molecule has 2 rings (SSSR count). The van der Waals surface area contributed by atoms with E-state index in [4.69, 9.17) is 9.73 Å². The molecule has 1 aliphatic heterocycles. The Labute approximate surface area is 144 Å². The maximum absolute atomic E-state index is 11.9. The van der Waals surface area contributed by atoms with Gasteiger partial charge in [-0.2, -0.15) is 0 Å². The number of aromatic nitrogens is 1. The van der Waals surface area contributed by atoms with Crippen molar-refractivity contribution in [2.75, 3.05) is 33.3 Å². The summed E-state index contributed by atoms with van der Waals surface area (Å²) in [5.74, 6) is 0.931. The second-order valence-electron chi connectivity index (χ2n) is 6.30. The van der Waals surface area contributed by atoms with Crippen LogP contribution in [0.5, 0.6) is 0 Å². The number of carbonyl (C=O) groups is 1. The van der Waals surface area contributed by atoms with Crippen molar-refractivity contribution in [1.82, 2.24) is 15.2 Å². The zero-order chi connectivity index (χ0) is 17.5. The molecule has 0 amide bonds. The van der Waals surface area contributed by atoms with Crippen LogP contribution in [-0.4, -0.2) is 55.1 Å². The summed E-state index contributed by atoms with van der Waals surface area (Å²) in [6.07, 6.45) is 4.58. The van der Waals surface area contributed by atoms with E-state index in [0.717, 1.165) is 25.5 Å². The van der Waals surface area contributed by atoms with Gasteiger partial charge >= 0.3 is 5.97 Å². The second-order valence-corrected chi connectivity index (χ2v) is 6.30. The minimum absolute atomic E-state index is 0.0821. The fraction of sp³-hybridized carbons (Fsp3) is 0.611. The quantitative estimate of drug-likeness (QED) is 0.504. The third kappa shape index (κ3) is 4.46. The molecule has 6 nitrogen and oxygen atoms in total. The minimum Gasteiger partial charge on any atom is -0.469 e. The highest BCUT2D eigenvalue weighted by molar-refractivity contribution is 5.82. The Morgan fingerprint density at radius 3 is 2.96 bits per heavy atom. The Morgan fingerprint density at radius 2 is 2.29 bits per heavy atom. The molecule has 0 bridgehead atoms. The number of nitrogens with one attached hydrogen (secondary N) is 1. The fourth-order valence-electron chi connectivity index (χ4n) is 3.09. The van der Waals surface area contributed by atoms with Crippen molar-refractivity contribution in [3.05, 3.63) is 29.6 Å². The lowest BCUT2D eigenvalue weighted by atomic mass is 9.99. The zero-order valence-electron chi connectivity index (χ0n) is 15.1. The highest BCUT2D eigenvalue weighted by atomic mass is 16.5. The van der Waals surface area contributed by atoms with E-state index < -0.39 is 0 Å². The van der Waals surface area contributed by atoms with Crippen molar-refractivity contribution < 1.29 is 9.53 Å². The van der Waals surface area contributed by atoms with Crippen LogP contribution in [0.4, 0.5) is 0 Å². The third-order valence-corrected chi connectivity index (χ3v) is 4.53. The Morgan fingerprint density at radius 1 is 1.50 bits per heavy atom. The van der Waals surface area contributed by atoms with Crippen LogP contribution in [0.1, 0.15) is 25.0 Å². The molecule has 1 aromatic rings. The molecule has 1 aromatic heterocycles. The van der Waals surface area contributed by atoms with Crippen LogP contribution in [0, 0.1) is 18.8 Å². The van der Waals surface area contributed by atoms with Crippen LogP contribution < -0.4 is 5.32 Å². The molecule has 132 valence electrons. The van der Waals surface area contributed by atoms with Crippen LogP contribution in [0.2, 0.25) is 0 Å². The molecule has 0 aromatic carbocycles. The third-order valence-electron chi connectivity index (χ3n) is 4.53. The van der Waals surface area contributed by atoms with E-state index in [9.17, 15) is 4.79 Å². The number of guanidine groups is 1. The van der Waals surface area contributed by atoms with E-state index in [2.05, 4.69) is 36.0 Å². The van der Waals surface area contributed by atoms with Crippen LogP contribution in [0.3, 0.4) is 0 Å². The molecule has 1 fully saturated rings. The normalized spacial score (nSPS) is 21.0. The molecule has 1 N–H and O–H groups in total. The molecule has 1 saturated heterocycles. The molecule has 0 spiro atoms. The summed E-state index contributed by atoms with van der Waals surface area (Å²) in [5.41, 5.74) is 2.46. The van der Waals surface area contributed by atoms with Crippen molar-refractivity contribution in [3.8, 4) is 0 Å². The smallest absolute Gasteiger partial charge is 0.310 e. The number of aryl methyl sites for hydroxylation is 1. The summed E-state index contributed by atoms with van der Waals surface area (Å²) in [6.45, 7) is 9.21. The summed E-state index contributed by atoms with van der Waals surface area (Å²) < 4.78 is 4.91. The van der Waals surface area contributed by atoms with E-state index >= 15 is 0 Å². The molecule has 0 radical (unpaired) electrons. The van der Waals surface area contributed by atoms with E-state index in [-0.39, 0.29) is 17.8 Å². The lowest BCUT2D eigenvalue weighted by Gasteiger charge is -2.21. The SMILES string of the molecule is CCNC(=NCCc1ccncc1C)N1CC(C)C(C(=O)OC)C1. The molecule has 0 aliphatic carbocycles. The van der Waals surface area contributed by atoms with E-state index in [1.165, 1.54) is 18.2 Å². The Kier molecular flexibility index (Phi) is 6.58. The Balaban J connectivity index is 2.01. The monoisotopic (exact) mass is 332 g/mol. The first-order valence-corrected chi connectivity index (χ1v) is 8.57. The van der Waals surface area contributed by atoms with E-state index in [1.807, 2.05) is 18.5 Å². The fourth-order valence-corrected chi connectivity index (χ4v) is 3.09. The topological polar surface area (TPSA) is 66.8 Å². The first-order chi connectivity index (χ1) is 11.6. The van der Waals surface area contributed by atoms with Crippen LogP contribution in [0.15, 0.2) is 23.5 Å². The predicted molar refractivity (Wildman–Crippen MR) is 94.9 cm³/mol. The number of pyridine rings is 1. The van der Waals surface area contributed by atoms with Gasteiger partial charge in [-0.3, -0.25) is 14.8 Å². The highest BCUT2D eigenvalue weighted by Crippen LogP contribution is 2.24. The van der Waals surface area contributed by atoms with Gasteiger partial charge in [0.05, 0.1) is 13.0 Å². The van der Waals surface area contributed by atoms with Gasteiger partial charge < -0.3 is 15.0 Å². The van der Waals surface area contributed by atoms with Crippen LogP contribution in [0.25, 0.3) is 0 Å². The molecule has 24 heavy (non-hydrogen) atoms. The molecule has 1 aliphatic rings. The van der Waals surface area contributed by atoms with Crippen molar-refractivity contribution >= 4 is 11.9 Å². The molecule has 0 saturated carbocycles. The van der Waals surface area contributed by atoms with Gasteiger partial charge in [-0.15, -0.1) is 0 Å². The number of rotatable bonds is 5. The number of likely N-dealkylation sites (tertiary alicyclic amines) is 1. The highest BCUT2D eigenvalue weighted by Gasteiger charge is 2.36. The number of hydrogen-bond acceptors (Lipinski definition) is 4. The molecule has 2 unspecified atom stereocenters. The number of nitrogens with zero attached hydrogens (tertiary/aromatic N) is 3. The van der Waals surface area contributed by atoms with Gasteiger partial charge in [0.1, 0.15) is 0 Å². The van der Waals surface area contributed by atoms with Crippen molar-refractivity contribution in [2.24, 2.45) is 16.8 Å². The molecule has 2 atom stereocenters. The molecular formula is C18H28N4O2. The summed E-state index contributed by atoms with van der Waals surface area (Å²) in [4.78, 5) is 22.9. The van der Waals surface area contributed by atoms with Gasteiger partial charge in [-0.25, -0.2) is 0 Å². The summed E-state index contributed by atoms with van der Waals surface area (Å²) >= 11 is 0. The zero-order valence-corrected chi connectivity index (χ0v) is 15.1. The lowest BCUT2D eigenvalue weighted by molar-refractivity contribution is -0.145. The number of hydrogen-bond donors (Lipinski definition) is 1. The van der Waals surface area contributed by atoms with E-state index in [1.54, 1.807) is 0 Å². The van der Waals surface area contributed by atoms with Crippen LogP contribution >= 0.6 is 0 Å². The van der Waals surface area contributed by atoms with Gasteiger partial charge in [-0.1, -0.05) is 6.92 Å². The van der Waals surface area contributed by atoms with Crippen molar-refractivity contribution in [3.63, 3.8) is 0 Å². The van der Waals surface area contributed by atoms with Gasteiger partial charge in [0.2, 0.25) is 0 Å². The average Bonchev–Trinajstić information content (AvgIpc) is 2.96. The number of ether oxygens (including phenoxy) is 1. The largest absolute Gasteiger partial charge is 0.469 e. The standard InChI is InChI=1S/C18H28N4O2/c1-5-20-18(21-9-7-15-6-8-19-10-13(15)2)22-11-14(3)16(12-22)17(23)24-4/h6,8,10,14,16H,5,7,9,11-12H2,1-4H3,(H,20,21). The lowest BCUT2D eigenvalue weighted by Crippen LogP contribution is -2.40. The van der Waals surface area contributed by atoms with Crippen LogP contribution in [-0.2, 0) is 16.0 Å². The number of carbonyl (C=O) groups excluding carboxylic acids is 1. The van der Waals surface area contributed by atoms with Gasteiger partial charge in [-0.05, 0) is 43.4 Å². The molecular weight excluding hydrogens is 304 g/mol. The Bertz CT molecular complexity index is 588. The molecule has 6 heteroatoms. The Hall–Kier alpha value is -2.11. The average molecular weight is 332 g/mol. The predicted octanol–water partition coefficient (Wildman–Crippen LogP) is 1.64. The van der Waals surface area contributed by atoms with Gasteiger partial charge in [0, 0.05) is 38.6 Å². The molecule has 2 heterocycles. The van der Waals surface area contributed by atoms with Crippen molar-refractivity contribution in [1.29, 1.82) is 0 Å². The van der Waals surface area contributed by atoms with Gasteiger partial charge in [0.15, 0.2) is 5.96 Å². The summed E-state index contributed by atoms with van der Waals surface area (Å²) in [5, 5.41) is 3.33. The maximum atomic E-state index is 11.9. The number of esters is 1. The first-order valence-electron chi connectivity index (χ1n) is 8.57. The minimum atomic E-state index is -0.131. The van der Waals surface area contributed by atoms with E-state index in [0.29, 0.717) is 13.1 Å². The second kappa shape index (κ2) is 8.66. The first kappa shape index (κ1) is 18.2. The van der Waals surface area contributed by atoms with Gasteiger partial charge in [0.25, 0.3) is 0 Å². The summed E-state index contributed by atoms with van der Waals surface area (Å²) in [7, 11) is 1.45.